The number of likely N-dealkylation sites (tertiary alicyclic amines) is 1. The number of amides is 2. The average molecular weight is 553 g/mol. The summed E-state index contributed by atoms with van der Waals surface area (Å²) in [5.41, 5.74) is -0.848. The summed E-state index contributed by atoms with van der Waals surface area (Å²) in [6.45, 7) is 14.7. The van der Waals surface area contributed by atoms with Crippen molar-refractivity contribution in [2.45, 2.75) is 97.9 Å². The highest BCUT2D eigenvalue weighted by molar-refractivity contribution is 7.09. The highest BCUT2D eigenvalue weighted by Crippen LogP contribution is 2.31. The van der Waals surface area contributed by atoms with Crippen LogP contribution in [0.4, 0.5) is 0 Å². The molecular weight excluding hydrogens is 508 g/mol. The van der Waals surface area contributed by atoms with E-state index in [2.05, 4.69) is 15.2 Å². The molecule has 2 N–H and O–H groups in total. The third-order valence-electron chi connectivity index (χ3n) is 7.61. The monoisotopic (exact) mass is 552 g/mol. The lowest BCUT2D eigenvalue weighted by Crippen LogP contribution is -2.60. The van der Waals surface area contributed by atoms with Crippen LogP contribution in [0.15, 0.2) is 5.38 Å². The van der Waals surface area contributed by atoms with E-state index in [1.54, 1.807) is 11.9 Å². The molecule has 1 saturated heterocycles. The van der Waals surface area contributed by atoms with Gasteiger partial charge in [0.15, 0.2) is 11.8 Å². The second-order valence-corrected chi connectivity index (χ2v) is 11.9. The zero-order valence-corrected chi connectivity index (χ0v) is 24.8. The zero-order chi connectivity index (χ0) is 28.8. The summed E-state index contributed by atoms with van der Waals surface area (Å²) in [5, 5.41) is 14.1. The Balaban J connectivity index is 2.29. The molecule has 1 aliphatic rings. The third kappa shape index (κ3) is 7.75. The van der Waals surface area contributed by atoms with Crippen molar-refractivity contribution < 1.29 is 29.0 Å². The minimum atomic E-state index is -1.16. The van der Waals surface area contributed by atoms with E-state index in [4.69, 9.17) is 4.74 Å². The number of rotatable bonds is 13. The number of nitrogens with one attached hydrogen (secondary N) is 1. The lowest BCUT2D eigenvalue weighted by Gasteiger charge is -2.39. The Hall–Kier alpha value is -2.53. The Morgan fingerprint density at radius 3 is 2.29 bits per heavy atom. The Morgan fingerprint density at radius 2 is 1.82 bits per heavy atom. The lowest BCUT2D eigenvalue weighted by molar-refractivity contribution is -0.149. The molecule has 1 aliphatic heterocycles. The first-order valence-electron chi connectivity index (χ1n) is 13.4. The zero-order valence-electron chi connectivity index (χ0n) is 23.9. The summed E-state index contributed by atoms with van der Waals surface area (Å²) < 4.78 is 5.54. The normalized spacial score (nSPS) is 17.5. The quantitative estimate of drug-likeness (QED) is 0.354. The van der Waals surface area contributed by atoms with Crippen molar-refractivity contribution in [3.05, 3.63) is 16.1 Å². The van der Waals surface area contributed by atoms with E-state index in [0.29, 0.717) is 11.4 Å². The molecule has 2 heterocycles. The molecule has 4 atom stereocenters. The number of carbonyl (C=O) groups excluding carboxylic acids is 3. The molecule has 1 aromatic rings. The van der Waals surface area contributed by atoms with Gasteiger partial charge in [0.1, 0.15) is 11.0 Å². The van der Waals surface area contributed by atoms with Gasteiger partial charge in [-0.1, -0.05) is 34.1 Å². The molecule has 0 radical (unpaired) electrons. The number of thiazole rings is 1. The molecule has 0 bridgehead atoms. The van der Waals surface area contributed by atoms with E-state index >= 15 is 0 Å². The molecule has 0 saturated carbocycles. The number of aromatic nitrogens is 1. The predicted octanol–water partition coefficient (Wildman–Crippen LogP) is 3.72. The molecule has 0 aliphatic carbocycles. The topological polar surface area (TPSA) is 129 Å². The molecule has 11 heteroatoms. The molecule has 214 valence electrons. The van der Waals surface area contributed by atoms with Gasteiger partial charge in [0.25, 0.3) is 0 Å². The van der Waals surface area contributed by atoms with Crippen molar-refractivity contribution in [1.82, 2.24) is 20.1 Å². The van der Waals surface area contributed by atoms with Crippen molar-refractivity contribution in [2.75, 3.05) is 20.1 Å². The van der Waals surface area contributed by atoms with Gasteiger partial charge in [-0.15, -0.1) is 11.3 Å². The Morgan fingerprint density at radius 1 is 1.21 bits per heavy atom. The summed E-state index contributed by atoms with van der Waals surface area (Å²) in [4.78, 5) is 58.5. The number of hydrogen-bond donors (Lipinski definition) is 2. The third-order valence-corrected chi connectivity index (χ3v) is 8.55. The fourth-order valence-electron chi connectivity index (χ4n) is 4.83. The van der Waals surface area contributed by atoms with Gasteiger partial charge < -0.3 is 20.1 Å². The fraction of sp³-hybridized carbons (Fsp3) is 0.741. The van der Waals surface area contributed by atoms with Crippen LogP contribution >= 0.6 is 11.3 Å². The standard InChI is InChI=1S/C27H44N4O6S/c1-9-17(4)22(29-26(36)27(6,7)31-12-10-11-13-31)24(33)30(8)20(16(2)3)14-21(37-18(5)32)23-28-19(15-38-23)25(34)35/h15-17,20-22H,9-14H2,1-8H3,(H,29,36)(H,34,35). The average Bonchev–Trinajstić information content (AvgIpc) is 3.56. The molecule has 0 spiro atoms. The lowest BCUT2D eigenvalue weighted by atomic mass is 9.92. The molecular formula is C27H44N4O6S. The largest absolute Gasteiger partial charge is 0.476 e. The predicted molar refractivity (Wildman–Crippen MR) is 146 cm³/mol. The number of aromatic carboxylic acids is 1. The van der Waals surface area contributed by atoms with Crippen LogP contribution in [0.3, 0.4) is 0 Å². The van der Waals surface area contributed by atoms with Gasteiger partial charge in [0, 0.05) is 31.8 Å². The number of esters is 1. The first kappa shape index (κ1) is 31.7. The molecule has 10 nitrogen and oxygen atoms in total. The second kappa shape index (κ2) is 13.5. The Kier molecular flexibility index (Phi) is 11.3. The molecule has 4 unspecified atom stereocenters. The van der Waals surface area contributed by atoms with Gasteiger partial charge in [-0.2, -0.15) is 0 Å². The molecule has 1 aromatic heterocycles. The number of carboxylic acid groups (broad SMARTS) is 1. The van der Waals surface area contributed by atoms with Crippen LogP contribution in [0.2, 0.25) is 0 Å². The maximum atomic E-state index is 13.9. The fourth-order valence-corrected chi connectivity index (χ4v) is 5.67. The molecule has 2 amide bonds. The number of nitrogens with zero attached hydrogens (tertiary/aromatic N) is 3. The van der Waals surface area contributed by atoms with Crippen LogP contribution < -0.4 is 5.32 Å². The van der Waals surface area contributed by atoms with E-state index < -0.39 is 29.6 Å². The summed E-state index contributed by atoms with van der Waals surface area (Å²) in [5.74, 6) is -2.18. The summed E-state index contributed by atoms with van der Waals surface area (Å²) in [6.07, 6.45) is 2.25. The first-order chi connectivity index (χ1) is 17.7. The smallest absolute Gasteiger partial charge is 0.355 e. The molecule has 1 fully saturated rings. The number of likely N-dealkylation sites (N-methyl/N-ethyl adjacent to an activating group) is 1. The maximum Gasteiger partial charge on any atom is 0.355 e. The Bertz CT molecular complexity index is 988. The maximum absolute atomic E-state index is 13.9. The van der Waals surface area contributed by atoms with Crippen molar-refractivity contribution >= 4 is 35.1 Å². The summed E-state index contributed by atoms with van der Waals surface area (Å²) in [7, 11) is 1.70. The van der Waals surface area contributed by atoms with Gasteiger partial charge in [0.05, 0.1) is 5.54 Å². The molecule has 38 heavy (non-hydrogen) atoms. The number of hydrogen-bond acceptors (Lipinski definition) is 8. The summed E-state index contributed by atoms with van der Waals surface area (Å²) in [6, 6.07) is -1.08. The van der Waals surface area contributed by atoms with Crippen LogP contribution in [0.25, 0.3) is 0 Å². The SMILES string of the molecule is CCC(C)C(NC(=O)C(C)(C)N1CCCC1)C(=O)N(C)C(CC(OC(C)=O)c1nc(C(=O)O)cs1)C(C)C. The summed E-state index contributed by atoms with van der Waals surface area (Å²) >= 11 is 1.11. The van der Waals surface area contributed by atoms with Crippen LogP contribution in [0, 0.1) is 11.8 Å². The van der Waals surface area contributed by atoms with Crippen molar-refractivity contribution in [3.8, 4) is 0 Å². The highest BCUT2D eigenvalue weighted by atomic mass is 32.1. The van der Waals surface area contributed by atoms with E-state index in [9.17, 15) is 24.3 Å². The molecule has 0 aromatic carbocycles. The van der Waals surface area contributed by atoms with E-state index in [1.165, 1.54) is 12.3 Å². The van der Waals surface area contributed by atoms with Gasteiger partial charge in [-0.25, -0.2) is 9.78 Å². The van der Waals surface area contributed by atoms with Crippen LogP contribution in [0.1, 0.15) is 95.7 Å². The van der Waals surface area contributed by atoms with Crippen molar-refractivity contribution in [1.29, 1.82) is 0 Å². The van der Waals surface area contributed by atoms with Crippen molar-refractivity contribution in [2.24, 2.45) is 11.8 Å². The van der Waals surface area contributed by atoms with E-state index in [0.717, 1.165) is 37.3 Å². The van der Waals surface area contributed by atoms with Gasteiger partial charge >= 0.3 is 11.9 Å². The van der Waals surface area contributed by atoms with Crippen molar-refractivity contribution in [3.63, 3.8) is 0 Å². The van der Waals surface area contributed by atoms with Gasteiger partial charge in [0.2, 0.25) is 11.8 Å². The van der Waals surface area contributed by atoms with Crippen LogP contribution in [0.5, 0.6) is 0 Å². The van der Waals surface area contributed by atoms with Gasteiger partial charge in [-0.05, 0) is 51.6 Å². The van der Waals surface area contributed by atoms with Crippen LogP contribution in [-0.4, -0.2) is 81.4 Å². The first-order valence-corrected chi connectivity index (χ1v) is 14.3. The number of carboxylic acids is 1. The number of carbonyl (C=O) groups is 4. The minimum Gasteiger partial charge on any atom is -0.476 e. The number of ether oxygens (including phenoxy) is 1. The highest BCUT2D eigenvalue weighted by Gasteiger charge is 2.40. The van der Waals surface area contributed by atoms with E-state index in [-0.39, 0.29) is 41.8 Å². The Labute approximate surface area is 230 Å². The van der Waals surface area contributed by atoms with E-state index in [1.807, 2.05) is 41.5 Å². The minimum absolute atomic E-state index is 0.0183. The van der Waals surface area contributed by atoms with Gasteiger partial charge in [-0.3, -0.25) is 19.3 Å². The van der Waals surface area contributed by atoms with Crippen LogP contribution in [-0.2, 0) is 19.1 Å². The second-order valence-electron chi connectivity index (χ2n) is 11.1. The molecule has 2 rings (SSSR count).